The molecule has 1 N–H and O–H groups in total. The van der Waals surface area contributed by atoms with Crippen LogP contribution in [0.25, 0.3) is 11.1 Å². The number of alkyl halides is 3. The molecule has 2 heterocycles. The fourth-order valence-corrected chi connectivity index (χ4v) is 5.54. The third-order valence-electron chi connectivity index (χ3n) is 6.29. The van der Waals surface area contributed by atoms with E-state index in [0.29, 0.717) is 42.9 Å². The Morgan fingerprint density at radius 3 is 2.37 bits per heavy atom. The SMILES string of the molecule is CC(C)c1ccccc1Sc1ccc(-c2ccnc(N3CCC(C(=O)O)CC3)c2)cc1C(F)(F)F. The molecule has 0 radical (unpaired) electrons. The Morgan fingerprint density at radius 1 is 1.03 bits per heavy atom. The normalized spacial score (nSPS) is 15.0. The van der Waals surface area contributed by atoms with Crippen molar-refractivity contribution in [2.75, 3.05) is 18.0 Å². The molecule has 0 aliphatic carbocycles. The third kappa shape index (κ3) is 5.81. The fourth-order valence-electron chi connectivity index (χ4n) is 4.32. The van der Waals surface area contributed by atoms with Crippen molar-refractivity contribution < 1.29 is 23.1 Å². The van der Waals surface area contributed by atoms with Gasteiger partial charge in [0.25, 0.3) is 0 Å². The summed E-state index contributed by atoms with van der Waals surface area (Å²) in [4.78, 5) is 18.6. The van der Waals surface area contributed by atoms with E-state index in [1.54, 1.807) is 30.5 Å². The highest BCUT2D eigenvalue weighted by Gasteiger charge is 2.34. The molecule has 1 fully saturated rings. The number of hydrogen-bond donors (Lipinski definition) is 1. The lowest BCUT2D eigenvalue weighted by atomic mass is 9.97. The largest absolute Gasteiger partial charge is 0.481 e. The van der Waals surface area contributed by atoms with Crippen LogP contribution in [0.4, 0.5) is 19.0 Å². The number of carboxylic acids is 1. The number of hydrogen-bond acceptors (Lipinski definition) is 4. The summed E-state index contributed by atoms with van der Waals surface area (Å²) in [6.45, 7) is 5.15. The summed E-state index contributed by atoms with van der Waals surface area (Å²) in [5.74, 6) is -0.318. The van der Waals surface area contributed by atoms with Gasteiger partial charge in [0.2, 0.25) is 0 Å². The van der Waals surface area contributed by atoms with Crippen molar-refractivity contribution in [3.63, 3.8) is 0 Å². The van der Waals surface area contributed by atoms with E-state index in [1.165, 1.54) is 6.07 Å². The van der Waals surface area contributed by atoms with Crippen molar-refractivity contribution in [2.45, 2.75) is 48.6 Å². The maximum Gasteiger partial charge on any atom is 0.417 e. The zero-order valence-electron chi connectivity index (χ0n) is 19.5. The van der Waals surface area contributed by atoms with Crippen LogP contribution in [0.15, 0.2) is 70.6 Å². The third-order valence-corrected chi connectivity index (χ3v) is 7.46. The summed E-state index contributed by atoms with van der Waals surface area (Å²) in [7, 11) is 0. The highest BCUT2D eigenvalue weighted by Crippen LogP contribution is 2.43. The molecule has 1 aromatic heterocycles. The first-order valence-electron chi connectivity index (χ1n) is 11.6. The topological polar surface area (TPSA) is 53.4 Å². The number of benzene rings is 2. The van der Waals surface area contributed by atoms with E-state index in [1.807, 2.05) is 43.0 Å². The smallest absolute Gasteiger partial charge is 0.417 e. The number of carbonyl (C=O) groups is 1. The lowest BCUT2D eigenvalue weighted by Gasteiger charge is -2.31. The summed E-state index contributed by atoms with van der Waals surface area (Å²) < 4.78 is 42.3. The van der Waals surface area contributed by atoms with E-state index in [4.69, 9.17) is 0 Å². The van der Waals surface area contributed by atoms with Gasteiger partial charge in [0.15, 0.2) is 0 Å². The maximum atomic E-state index is 14.1. The zero-order valence-corrected chi connectivity index (χ0v) is 20.4. The van der Waals surface area contributed by atoms with Crippen LogP contribution in [0.2, 0.25) is 0 Å². The minimum absolute atomic E-state index is 0.166. The van der Waals surface area contributed by atoms with Crippen LogP contribution in [0, 0.1) is 5.92 Å². The van der Waals surface area contributed by atoms with Gasteiger partial charge in [0.05, 0.1) is 11.5 Å². The Hall–Kier alpha value is -3.00. The number of rotatable bonds is 6. The minimum atomic E-state index is -4.50. The van der Waals surface area contributed by atoms with Crippen molar-refractivity contribution in [3.05, 3.63) is 71.9 Å². The molecule has 0 unspecified atom stereocenters. The molecule has 4 rings (SSSR count). The first-order chi connectivity index (χ1) is 16.6. The van der Waals surface area contributed by atoms with Gasteiger partial charge in [-0.3, -0.25) is 4.79 Å². The van der Waals surface area contributed by atoms with Gasteiger partial charge in [-0.1, -0.05) is 49.9 Å². The number of nitrogens with zero attached hydrogens (tertiary/aromatic N) is 2. The second kappa shape index (κ2) is 10.3. The highest BCUT2D eigenvalue weighted by atomic mass is 32.2. The van der Waals surface area contributed by atoms with Crippen LogP contribution < -0.4 is 4.90 Å². The molecule has 0 spiro atoms. The van der Waals surface area contributed by atoms with E-state index in [9.17, 15) is 23.1 Å². The number of carboxylic acid groups (broad SMARTS) is 1. The summed E-state index contributed by atoms with van der Waals surface area (Å²) in [6, 6.07) is 15.5. The van der Waals surface area contributed by atoms with Crippen molar-refractivity contribution in [2.24, 2.45) is 5.92 Å². The van der Waals surface area contributed by atoms with Gasteiger partial charge in [0.1, 0.15) is 5.82 Å². The van der Waals surface area contributed by atoms with Gasteiger partial charge in [-0.15, -0.1) is 0 Å². The van der Waals surface area contributed by atoms with Crippen molar-refractivity contribution in [3.8, 4) is 11.1 Å². The Labute approximate surface area is 207 Å². The van der Waals surface area contributed by atoms with Crippen LogP contribution in [-0.4, -0.2) is 29.1 Å². The number of aliphatic carboxylic acids is 1. The quantitative estimate of drug-likeness (QED) is 0.384. The van der Waals surface area contributed by atoms with E-state index in [2.05, 4.69) is 4.98 Å². The molecule has 4 nitrogen and oxygen atoms in total. The molecule has 1 aliphatic heterocycles. The molecular weight excluding hydrogens is 473 g/mol. The summed E-state index contributed by atoms with van der Waals surface area (Å²) in [5, 5.41) is 9.21. The molecule has 184 valence electrons. The standard InChI is InChI=1S/C27H27F3N2O2S/c1-17(2)21-5-3-4-6-23(21)35-24-8-7-19(15-22(24)27(28,29)30)20-9-12-31-25(16-20)32-13-10-18(11-14-32)26(33)34/h3-9,12,15-18H,10-11,13-14H2,1-2H3,(H,33,34). The van der Waals surface area contributed by atoms with Crippen LogP contribution in [0.5, 0.6) is 0 Å². The van der Waals surface area contributed by atoms with Gasteiger partial charge in [-0.05, 0) is 65.8 Å². The van der Waals surface area contributed by atoms with Crippen molar-refractivity contribution in [1.29, 1.82) is 0 Å². The van der Waals surface area contributed by atoms with E-state index in [-0.39, 0.29) is 16.7 Å². The average Bonchev–Trinajstić information content (AvgIpc) is 2.84. The second-order valence-corrected chi connectivity index (χ2v) is 10.1. The first-order valence-corrected chi connectivity index (χ1v) is 12.4. The molecule has 3 aromatic rings. The molecule has 2 aromatic carbocycles. The first kappa shape index (κ1) is 25.1. The molecule has 1 aliphatic rings. The van der Waals surface area contributed by atoms with Gasteiger partial charge >= 0.3 is 12.1 Å². The molecular formula is C27H27F3N2O2S. The van der Waals surface area contributed by atoms with E-state index < -0.39 is 17.7 Å². The van der Waals surface area contributed by atoms with Gasteiger partial charge in [0, 0.05) is 29.1 Å². The lowest BCUT2D eigenvalue weighted by molar-refractivity contribution is -0.142. The van der Waals surface area contributed by atoms with Crippen molar-refractivity contribution >= 4 is 23.5 Å². The van der Waals surface area contributed by atoms with Gasteiger partial charge < -0.3 is 10.0 Å². The fraction of sp³-hybridized carbons (Fsp3) is 0.333. The molecule has 35 heavy (non-hydrogen) atoms. The molecule has 0 atom stereocenters. The van der Waals surface area contributed by atoms with Crippen molar-refractivity contribution in [1.82, 2.24) is 4.98 Å². The second-order valence-electron chi connectivity index (χ2n) is 9.01. The Kier molecular flexibility index (Phi) is 7.40. The number of halogens is 3. The van der Waals surface area contributed by atoms with E-state index in [0.717, 1.165) is 22.2 Å². The minimum Gasteiger partial charge on any atom is -0.481 e. The summed E-state index contributed by atoms with van der Waals surface area (Å²) in [6.07, 6.45) is -1.88. The van der Waals surface area contributed by atoms with Crippen LogP contribution in [-0.2, 0) is 11.0 Å². The Bertz CT molecular complexity index is 1210. The predicted molar refractivity (Wildman–Crippen MR) is 132 cm³/mol. The van der Waals surface area contributed by atoms with Crippen LogP contribution >= 0.6 is 11.8 Å². The Morgan fingerprint density at radius 2 is 1.71 bits per heavy atom. The van der Waals surface area contributed by atoms with Gasteiger partial charge in [-0.2, -0.15) is 13.2 Å². The van der Waals surface area contributed by atoms with Crippen LogP contribution in [0.1, 0.15) is 43.7 Å². The monoisotopic (exact) mass is 500 g/mol. The Balaban J connectivity index is 1.64. The number of piperidine rings is 1. The maximum absolute atomic E-state index is 14.1. The molecule has 0 saturated carbocycles. The molecule has 0 amide bonds. The highest BCUT2D eigenvalue weighted by molar-refractivity contribution is 7.99. The molecule has 1 saturated heterocycles. The predicted octanol–water partition coefficient (Wildman–Crippen LogP) is 7.34. The zero-order chi connectivity index (χ0) is 25.2. The number of anilines is 1. The average molecular weight is 501 g/mol. The summed E-state index contributed by atoms with van der Waals surface area (Å²) in [5.41, 5.74) is 1.45. The lowest BCUT2D eigenvalue weighted by Crippen LogP contribution is -2.36. The number of pyridine rings is 1. The summed E-state index contributed by atoms with van der Waals surface area (Å²) >= 11 is 1.14. The van der Waals surface area contributed by atoms with Crippen LogP contribution in [0.3, 0.4) is 0 Å². The van der Waals surface area contributed by atoms with E-state index >= 15 is 0 Å². The molecule has 8 heteroatoms. The number of aromatic nitrogens is 1. The van der Waals surface area contributed by atoms with Gasteiger partial charge in [-0.25, -0.2) is 4.98 Å². The molecule has 0 bridgehead atoms.